The second kappa shape index (κ2) is 15.0. The number of alkyl halides is 1. The molecule has 2 aromatic carbocycles. The zero-order chi connectivity index (χ0) is 39.5. The van der Waals surface area contributed by atoms with Gasteiger partial charge in [-0.1, -0.05) is 53.5 Å². The predicted octanol–water partition coefficient (Wildman–Crippen LogP) is 8.99. The number of rotatable bonds is 10. The number of halogens is 3. The first kappa shape index (κ1) is 38.7. The molecule has 0 aliphatic carbocycles. The topological polar surface area (TPSA) is 82.1 Å². The van der Waals surface area contributed by atoms with Gasteiger partial charge in [0, 0.05) is 37.6 Å². The summed E-state index contributed by atoms with van der Waals surface area (Å²) in [7, 11) is -0.780. The maximum atomic E-state index is 17.6. The average molecular weight is 788 g/mol. The molecule has 0 amide bonds. The summed E-state index contributed by atoms with van der Waals surface area (Å²) >= 11 is 0. The summed E-state index contributed by atoms with van der Waals surface area (Å²) in [6.45, 7) is 15.6. The molecular formula is C43H52F3N5O4Si. The molecule has 6 heterocycles. The summed E-state index contributed by atoms with van der Waals surface area (Å²) in [5.41, 5.74) is 4.56. The van der Waals surface area contributed by atoms with Gasteiger partial charge in [-0.2, -0.15) is 9.97 Å². The Kier molecular flexibility index (Phi) is 10.4. The third kappa shape index (κ3) is 6.45. The van der Waals surface area contributed by atoms with Crippen LogP contribution >= 0.6 is 0 Å². The standard InChI is InChI=1S/C43H52F3N5O4Si/c1-25(2)56(26(3)4,27(5)6)17-13-32-34(45)12-11-28-18-31(55-24-52-7)19-33(35(28)32)38-37(46)39-36-40(51-16-8-10-30(51)22-53-41(36)47-38)49-42(48-39)54-23-43-14-9-15-50(43)21-29(44)20-43/h11-12,18-19,25-27,29-30H,8-10,14-16,20-24H2,1-7H3/t29-,30-,43+/m1/s1. The lowest BCUT2D eigenvalue weighted by Crippen LogP contribution is -2.43. The summed E-state index contributed by atoms with van der Waals surface area (Å²) in [5, 5.41) is 1.38. The number of fused-ring (bicyclic) bond motifs is 4. The van der Waals surface area contributed by atoms with Crippen LogP contribution < -0.4 is 19.1 Å². The minimum absolute atomic E-state index is 0.00239. The lowest BCUT2D eigenvalue weighted by atomic mass is 9.95. The fourth-order valence-corrected chi connectivity index (χ4v) is 15.5. The van der Waals surface area contributed by atoms with Crippen molar-refractivity contribution in [3.8, 4) is 40.4 Å². The van der Waals surface area contributed by atoms with Crippen LogP contribution in [0.2, 0.25) is 16.6 Å². The third-order valence-corrected chi connectivity index (χ3v) is 19.2. The van der Waals surface area contributed by atoms with E-state index in [0.29, 0.717) is 70.5 Å². The van der Waals surface area contributed by atoms with E-state index in [-0.39, 0.29) is 53.7 Å². The van der Waals surface area contributed by atoms with E-state index >= 15 is 8.78 Å². The molecule has 3 atom stereocenters. The Morgan fingerprint density at radius 1 is 0.982 bits per heavy atom. The molecule has 3 saturated heterocycles. The van der Waals surface area contributed by atoms with Gasteiger partial charge in [-0.05, 0) is 72.4 Å². The fraction of sp³-hybridized carbons (Fsp3) is 0.558. The van der Waals surface area contributed by atoms with E-state index in [2.05, 4.69) is 62.8 Å². The van der Waals surface area contributed by atoms with Crippen LogP contribution in [-0.4, -0.2) is 92.4 Å². The van der Waals surface area contributed by atoms with Crippen molar-refractivity contribution >= 4 is 35.6 Å². The zero-order valence-electron chi connectivity index (χ0n) is 33.5. The van der Waals surface area contributed by atoms with Gasteiger partial charge in [0.15, 0.2) is 12.6 Å². The van der Waals surface area contributed by atoms with Gasteiger partial charge in [-0.3, -0.25) is 4.90 Å². The molecule has 0 radical (unpaired) electrons. The van der Waals surface area contributed by atoms with Gasteiger partial charge in [-0.25, -0.2) is 18.2 Å². The number of ether oxygens (including phenoxy) is 4. The highest BCUT2D eigenvalue weighted by Gasteiger charge is 2.49. The van der Waals surface area contributed by atoms with Gasteiger partial charge in [0.1, 0.15) is 61.4 Å². The Bertz CT molecular complexity index is 2210. The first-order valence-corrected chi connectivity index (χ1v) is 22.3. The first-order valence-electron chi connectivity index (χ1n) is 20.1. The van der Waals surface area contributed by atoms with E-state index in [1.165, 1.54) is 13.2 Å². The van der Waals surface area contributed by atoms with E-state index in [1.807, 2.05) is 0 Å². The molecule has 56 heavy (non-hydrogen) atoms. The maximum absolute atomic E-state index is 17.6. The molecular weight excluding hydrogens is 736 g/mol. The quantitative estimate of drug-likeness (QED) is 0.0889. The number of aromatic nitrogens is 3. The van der Waals surface area contributed by atoms with Gasteiger partial charge < -0.3 is 23.8 Å². The minimum atomic E-state index is -2.30. The van der Waals surface area contributed by atoms with E-state index in [0.717, 1.165) is 32.2 Å². The van der Waals surface area contributed by atoms with Crippen LogP contribution in [0.5, 0.6) is 17.6 Å². The third-order valence-electron chi connectivity index (χ3n) is 12.9. The molecule has 8 rings (SSSR count). The van der Waals surface area contributed by atoms with E-state index in [4.69, 9.17) is 33.9 Å². The Morgan fingerprint density at radius 2 is 1.77 bits per heavy atom. The van der Waals surface area contributed by atoms with Crippen molar-refractivity contribution in [2.45, 2.75) is 108 Å². The molecule has 0 bridgehead atoms. The summed E-state index contributed by atoms with van der Waals surface area (Å²) in [4.78, 5) is 18.8. The lowest BCUT2D eigenvalue weighted by Gasteiger charge is -2.38. The number of hydrogen-bond acceptors (Lipinski definition) is 9. The normalized spacial score (nSPS) is 22.1. The Morgan fingerprint density at radius 3 is 2.52 bits per heavy atom. The van der Waals surface area contributed by atoms with Gasteiger partial charge in [0.05, 0.1) is 17.1 Å². The number of hydrogen-bond donors (Lipinski definition) is 0. The van der Waals surface area contributed by atoms with Crippen LogP contribution in [0, 0.1) is 23.1 Å². The summed E-state index contributed by atoms with van der Waals surface area (Å²) in [6.07, 6.45) is 3.04. The molecule has 0 N–H and O–H groups in total. The van der Waals surface area contributed by atoms with Crippen LogP contribution in [0.25, 0.3) is 32.9 Å². The molecule has 298 valence electrons. The van der Waals surface area contributed by atoms with Crippen LogP contribution in [-0.2, 0) is 4.74 Å². The van der Waals surface area contributed by atoms with Gasteiger partial charge >= 0.3 is 6.01 Å². The number of anilines is 1. The Hall–Kier alpha value is -4.12. The summed E-state index contributed by atoms with van der Waals surface area (Å²) in [6, 6.07) is 6.51. The number of nitrogens with zero attached hydrogens (tertiary/aromatic N) is 5. The first-order chi connectivity index (χ1) is 26.9. The highest BCUT2D eigenvalue weighted by atomic mass is 28.3. The van der Waals surface area contributed by atoms with Crippen molar-refractivity contribution in [3.63, 3.8) is 0 Å². The maximum Gasteiger partial charge on any atom is 0.319 e. The van der Waals surface area contributed by atoms with Crippen molar-refractivity contribution in [1.82, 2.24) is 19.9 Å². The van der Waals surface area contributed by atoms with E-state index in [9.17, 15) is 4.39 Å². The van der Waals surface area contributed by atoms with Crippen molar-refractivity contribution in [2.75, 3.05) is 51.7 Å². The second-order valence-electron chi connectivity index (χ2n) is 17.0. The smallest absolute Gasteiger partial charge is 0.319 e. The second-order valence-corrected chi connectivity index (χ2v) is 22.6. The highest BCUT2D eigenvalue weighted by molar-refractivity contribution is 6.90. The average Bonchev–Trinajstić information content (AvgIpc) is 3.84. The molecule has 3 fully saturated rings. The molecule has 4 aliphatic heterocycles. The van der Waals surface area contributed by atoms with Crippen molar-refractivity contribution in [2.24, 2.45) is 0 Å². The van der Waals surface area contributed by atoms with Gasteiger partial charge in [0.2, 0.25) is 5.88 Å². The monoisotopic (exact) mass is 787 g/mol. The molecule has 0 spiro atoms. The van der Waals surface area contributed by atoms with Crippen molar-refractivity contribution < 1.29 is 32.1 Å². The molecule has 4 aromatic rings. The fourth-order valence-electron chi connectivity index (χ4n) is 10.3. The molecule has 4 aliphatic rings. The van der Waals surface area contributed by atoms with Gasteiger partial charge in [0.25, 0.3) is 0 Å². The number of pyridine rings is 1. The largest absolute Gasteiger partial charge is 0.475 e. The Balaban J connectivity index is 1.35. The van der Waals surface area contributed by atoms with Crippen LogP contribution in [0.4, 0.5) is 19.0 Å². The van der Waals surface area contributed by atoms with Crippen LogP contribution in [0.3, 0.4) is 0 Å². The molecule has 2 aromatic heterocycles. The predicted molar refractivity (Wildman–Crippen MR) is 215 cm³/mol. The van der Waals surface area contributed by atoms with Gasteiger partial charge in [-0.15, -0.1) is 5.54 Å². The highest BCUT2D eigenvalue weighted by Crippen LogP contribution is 2.46. The molecule has 9 nitrogen and oxygen atoms in total. The number of benzene rings is 2. The minimum Gasteiger partial charge on any atom is -0.475 e. The molecule has 13 heteroatoms. The number of methoxy groups -OCH3 is 1. The summed E-state index contributed by atoms with van der Waals surface area (Å²) in [5.74, 6) is 3.19. The van der Waals surface area contributed by atoms with E-state index in [1.54, 1.807) is 18.2 Å². The Labute approximate surface area is 328 Å². The SMILES string of the molecule is COCOc1cc(-c2nc3c4c(nc(OC[C@@]56CCCN5C[C@H](F)C6)nc4c2F)N2CCC[C@@H]2CO3)c2c(C#C[Si](C(C)C)(C(C)C)C(C)C)c(F)ccc2c1. The van der Waals surface area contributed by atoms with Crippen molar-refractivity contribution in [3.05, 3.63) is 41.5 Å². The molecule has 0 unspecified atom stereocenters. The zero-order valence-corrected chi connectivity index (χ0v) is 34.5. The van der Waals surface area contributed by atoms with Crippen LogP contribution in [0.1, 0.15) is 79.2 Å². The van der Waals surface area contributed by atoms with E-state index < -0.39 is 31.4 Å². The van der Waals surface area contributed by atoms with Crippen LogP contribution in [0.15, 0.2) is 24.3 Å². The lowest BCUT2D eigenvalue weighted by molar-refractivity contribution is 0.0512. The summed E-state index contributed by atoms with van der Waals surface area (Å²) < 4.78 is 72.5. The van der Waals surface area contributed by atoms with Crippen molar-refractivity contribution in [1.29, 1.82) is 0 Å². The molecule has 0 saturated carbocycles.